The van der Waals surface area contributed by atoms with Gasteiger partial charge in [0.1, 0.15) is 12.1 Å². The molecule has 102 valence electrons. The molecule has 0 atom stereocenters. The van der Waals surface area contributed by atoms with Gasteiger partial charge in [-0.15, -0.1) is 0 Å². The topological polar surface area (TPSA) is 44.1 Å². The fourth-order valence-electron chi connectivity index (χ4n) is 1.93. The van der Waals surface area contributed by atoms with E-state index >= 15 is 0 Å². The highest BCUT2D eigenvalue weighted by atomic mass is 79.9. The predicted octanol–water partition coefficient (Wildman–Crippen LogP) is 3.45. The molecule has 19 heavy (non-hydrogen) atoms. The maximum Gasteiger partial charge on any atom is 0.328 e. The molecule has 0 aliphatic carbocycles. The molecular formula is C14H17BrN2O2. The van der Waals surface area contributed by atoms with Crippen LogP contribution < -0.4 is 0 Å². The van der Waals surface area contributed by atoms with Crippen LogP contribution in [0.4, 0.5) is 0 Å². The number of benzene rings is 1. The summed E-state index contributed by atoms with van der Waals surface area (Å²) in [5.74, 6) is -0.281. The lowest BCUT2D eigenvalue weighted by atomic mass is 10.2. The first-order chi connectivity index (χ1) is 8.76. The summed E-state index contributed by atoms with van der Waals surface area (Å²) in [5.41, 5.74) is 1.36. The smallest absolute Gasteiger partial charge is 0.328 e. The number of ether oxygens (including phenoxy) is 1. The second-order valence-electron chi connectivity index (χ2n) is 5.49. The van der Waals surface area contributed by atoms with Crippen LogP contribution in [0.15, 0.2) is 22.7 Å². The molecule has 0 unspecified atom stereocenters. The Balaban J connectivity index is 2.31. The molecule has 5 heteroatoms. The standard InChI is InChI=1S/C14H17BrN2O2/c1-9-11-6-5-10(15)7-12(11)17(16-9)8-13(18)19-14(2,3)4/h5-7H,8H2,1-4H3. The van der Waals surface area contributed by atoms with Crippen molar-refractivity contribution < 1.29 is 9.53 Å². The first-order valence-electron chi connectivity index (χ1n) is 6.11. The Morgan fingerprint density at radius 1 is 1.42 bits per heavy atom. The van der Waals surface area contributed by atoms with Crippen LogP contribution in [-0.4, -0.2) is 21.4 Å². The molecule has 0 radical (unpaired) electrons. The lowest BCUT2D eigenvalue weighted by molar-refractivity contribution is -0.155. The van der Waals surface area contributed by atoms with Gasteiger partial charge in [0.2, 0.25) is 0 Å². The highest BCUT2D eigenvalue weighted by molar-refractivity contribution is 9.10. The molecule has 4 nitrogen and oxygen atoms in total. The monoisotopic (exact) mass is 324 g/mol. The number of hydrogen-bond donors (Lipinski definition) is 0. The Bertz CT molecular complexity index is 626. The fourth-order valence-corrected chi connectivity index (χ4v) is 2.28. The number of carbonyl (C=O) groups is 1. The van der Waals surface area contributed by atoms with E-state index in [-0.39, 0.29) is 12.5 Å². The fraction of sp³-hybridized carbons (Fsp3) is 0.429. The highest BCUT2D eigenvalue weighted by Crippen LogP contribution is 2.22. The lowest BCUT2D eigenvalue weighted by Crippen LogP contribution is -2.26. The first-order valence-corrected chi connectivity index (χ1v) is 6.90. The van der Waals surface area contributed by atoms with Crippen LogP contribution in [0.5, 0.6) is 0 Å². The summed E-state index contributed by atoms with van der Waals surface area (Å²) in [4.78, 5) is 11.9. The van der Waals surface area contributed by atoms with Gasteiger partial charge in [0.25, 0.3) is 0 Å². The van der Waals surface area contributed by atoms with Gasteiger partial charge in [-0.05, 0) is 45.9 Å². The third-order valence-electron chi connectivity index (χ3n) is 2.60. The number of aromatic nitrogens is 2. The van der Waals surface area contributed by atoms with Gasteiger partial charge in [0.05, 0.1) is 11.2 Å². The van der Waals surface area contributed by atoms with Crippen LogP contribution >= 0.6 is 15.9 Å². The van der Waals surface area contributed by atoms with Crippen molar-refractivity contribution in [2.24, 2.45) is 0 Å². The molecule has 0 N–H and O–H groups in total. The van der Waals surface area contributed by atoms with E-state index < -0.39 is 5.60 Å². The molecular weight excluding hydrogens is 308 g/mol. The summed E-state index contributed by atoms with van der Waals surface area (Å²) in [6.07, 6.45) is 0. The van der Waals surface area contributed by atoms with E-state index in [1.807, 2.05) is 45.9 Å². The number of hydrogen-bond acceptors (Lipinski definition) is 3. The van der Waals surface area contributed by atoms with Crippen LogP contribution in [0, 0.1) is 6.92 Å². The van der Waals surface area contributed by atoms with Gasteiger partial charge in [-0.3, -0.25) is 9.48 Å². The average Bonchev–Trinajstić information content (AvgIpc) is 2.52. The molecule has 0 saturated carbocycles. The van der Waals surface area contributed by atoms with Crippen molar-refractivity contribution in [3.05, 3.63) is 28.4 Å². The zero-order chi connectivity index (χ0) is 14.2. The molecule has 0 bridgehead atoms. The Morgan fingerprint density at radius 3 is 2.74 bits per heavy atom. The minimum absolute atomic E-state index is 0.123. The van der Waals surface area contributed by atoms with Crippen LogP contribution in [0.2, 0.25) is 0 Å². The van der Waals surface area contributed by atoms with E-state index in [0.717, 1.165) is 21.1 Å². The Morgan fingerprint density at radius 2 is 2.11 bits per heavy atom. The van der Waals surface area contributed by atoms with Gasteiger partial charge < -0.3 is 4.74 Å². The maximum atomic E-state index is 11.9. The van der Waals surface area contributed by atoms with Gasteiger partial charge >= 0.3 is 5.97 Å². The summed E-state index contributed by atoms with van der Waals surface area (Å²) in [5, 5.41) is 5.44. The number of esters is 1. The molecule has 1 aromatic heterocycles. The Labute approximate surface area is 120 Å². The van der Waals surface area contributed by atoms with Crippen molar-refractivity contribution in [2.45, 2.75) is 39.8 Å². The maximum absolute atomic E-state index is 11.9. The minimum Gasteiger partial charge on any atom is -0.459 e. The average molecular weight is 325 g/mol. The predicted molar refractivity (Wildman–Crippen MR) is 78.0 cm³/mol. The molecule has 1 heterocycles. The molecule has 0 fully saturated rings. The summed E-state index contributed by atoms with van der Waals surface area (Å²) >= 11 is 3.43. The summed E-state index contributed by atoms with van der Waals surface area (Å²) < 4.78 is 7.97. The zero-order valence-corrected chi connectivity index (χ0v) is 13.1. The Kier molecular flexibility index (Phi) is 3.67. The molecule has 0 amide bonds. The molecule has 2 aromatic rings. The van der Waals surface area contributed by atoms with Crippen LogP contribution in [0.3, 0.4) is 0 Å². The van der Waals surface area contributed by atoms with Gasteiger partial charge in [0.15, 0.2) is 0 Å². The normalized spacial score (nSPS) is 11.8. The van der Waals surface area contributed by atoms with E-state index in [0.29, 0.717) is 0 Å². The highest BCUT2D eigenvalue weighted by Gasteiger charge is 2.18. The second kappa shape index (κ2) is 4.96. The van der Waals surface area contributed by atoms with Crippen molar-refractivity contribution in [1.82, 2.24) is 9.78 Å². The van der Waals surface area contributed by atoms with Gasteiger partial charge in [-0.2, -0.15) is 5.10 Å². The molecule has 0 aliphatic heterocycles. The lowest BCUT2D eigenvalue weighted by Gasteiger charge is -2.19. The summed E-state index contributed by atoms with van der Waals surface area (Å²) in [6.45, 7) is 7.62. The van der Waals surface area contributed by atoms with Gasteiger partial charge in [-0.1, -0.05) is 15.9 Å². The second-order valence-corrected chi connectivity index (χ2v) is 6.41. The zero-order valence-electron chi connectivity index (χ0n) is 11.5. The summed E-state index contributed by atoms with van der Waals surface area (Å²) in [7, 11) is 0. The number of rotatable bonds is 2. The Hall–Kier alpha value is -1.36. The summed E-state index contributed by atoms with van der Waals surface area (Å²) in [6, 6.07) is 5.92. The van der Waals surface area contributed by atoms with Gasteiger partial charge in [0, 0.05) is 9.86 Å². The van der Waals surface area contributed by atoms with Crippen molar-refractivity contribution in [3.63, 3.8) is 0 Å². The number of carbonyl (C=O) groups excluding carboxylic acids is 1. The number of fused-ring (bicyclic) bond motifs is 1. The molecule has 0 spiro atoms. The van der Waals surface area contributed by atoms with Crippen LogP contribution in [-0.2, 0) is 16.1 Å². The van der Waals surface area contributed by atoms with E-state index in [1.54, 1.807) is 4.68 Å². The number of halogens is 1. The van der Waals surface area contributed by atoms with Crippen molar-refractivity contribution in [2.75, 3.05) is 0 Å². The molecule has 0 saturated heterocycles. The van der Waals surface area contributed by atoms with E-state index in [2.05, 4.69) is 21.0 Å². The van der Waals surface area contributed by atoms with Crippen LogP contribution in [0.25, 0.3) is 10.9 Å². The minimum atomic E-state index is -0.477. The third kappa shape index (κ3) is 3.35. The largest absolute Gasteiger partial charge is 0.459 e. The molecule has 1 aromatic carbocycles. The van der Waals surface area contributed by atoms with Gasteiger partial charge in [-0.25, -0.2) is 0 Å². The van der Waals surface area contributed by atoms with Crippen molar-refractivity contribution in [3.8, 4) is 0 Å². The molecule has 2 rings (SSSR count). The van der Waals surface area contributed by atoms with Crippen molar-refractivity contribution >= 4 is 32.8 Å². The number of nitrogens with zero attached hydrogens (tertiary/aromatic N) is 2. The van der Waals surface area contributed by atoms with Crippen molar-refractivity contribution in [1.29, 1.82) is 0 Å². The van der Waals surface area contributed by atoms with E-state index in [1.165, 1.54) is 0 Å². The SMILES string of the molecule is Cc1nn(CC(=O)OC(C)(C)C)c2cc(Br)ccc12. The quantitative estimate of drug-likeness (QED) is 0.795. The van der Waals surface area contributed by atoms with E-state index in [4.69, 9.17) is 4.74 Å². The van der Waals surface area contributed by atoms with Crippen LogP contribution in [0.1, 0.15) is 26.5 Å². The molecule has 0 aliphatic rings. The number of aryl methyl sites for hydroxylation is 1. The third-order valence-corrected chi connectivity index (χ3v) is 3.09. The van der Waals surface area contributed by atoms with E-state index in [9.17, 15) is 4.79 Å². The first kappa shape index (κ1) is 14.1.